The summed E-state index contributed by atoms with van der Waals surface area (Å²) in [4.78, 5) is 3.01. The van der Waals surface area contributed by atoms with E-state index >= 15 is 0 Å². The van der Waals surface area contributed by atoms with E-state index < -0.39 is 41.9 Å². The molecule has 8 heteroatoms. The summed E-state index contributed by atoms with van der Waals surface area (Å²) < 4.78 is 61.4. The Bertz CT molecular complexity index is 391. The van der Waals surface area contributed by atoms with Crippen molar-refractivity contribution in [2.24, 2.45) is 0 Å². The van der Waals surface area contributed by atoms with Crippen molar-refractivity contribution in [3.05, 3.63) is 23.0 Å². The topological polar surface area (TPSA) is 53.4 Å². The normalized spacial score (nSPS) is 12.2. The third kappa shape index (κ3) is 2.38. The predicted octanol–water partition coefficient (Wildman–Crippen LogP) is 2.24. The molecule has 0 aliphatic heterocycles. The Balaban J connectivity index is 3.44. The molecule has 2 N–H and O–H groups in total. The number of nitrogens with zero attached hydrogens (tertiary/aromatic N) is 1. The highest BCUT2D eigenvalue weighted by Gasteiger charge is 2.37. The fraction of sp³-hybridized carbons (Fsp3) is 0.375. The van der Waals surface area contributed by atoms with Crippen LogP contribution in [-0.2, 0) is 12.8 Å². The average Bonchev–Trinajstić information content (AvgIpc) is 2.15. The molecule has 0 aliphatic carbocycles. The first-order chi connectivity index (χ1) is 7.27. The van der Waals surface area contributed by atoms with Crippen molar-refractivity contribution in [3.63, 3.8) is 0 Å². The van der Waals surface area contributed by atoms with Gasteiger partial charge in [-0.1, -0.05) is 0 Å². The van der Waals surface area contributed by atoms with Crippen molar-refractivity contribution in [2.45, 2.75) is 19.2 Å². The molecule has 0 amide bonds. The number of alkyl halides is 5. The van der Waals surface area contributed by atoms with E-state index in [0.717, 1.165) is 0 Å². The van der Waals surface area contributed by atoms with E-state index in [0.29, 0.717) is 6.07 Å². The molecule has 0 spiro atoms. The van der Waals surface area contributed by atoms with Gasteiger partial charge in [-0.15, -0.1) is 0 Å². The third-order valence-electron chi connectivity index (χ3n) is 1.75. The number of rotatable bonds is 2. The van der Waals surface area contributed by atoms with Gasteiger partial charge in [0, 0.05) is 0 Å². The van der Waals surface area contributed by atoms with Crippen molar-refractivity contribution in [1.29, 1.82) is 0 Å². The van der Waals surface area contributed by atoms with Crippen LogP contribution in [0, 0.1) is 0 Å². The zero-order valence-electron chi connectivity index (χ0n) is 7.59. The minimum absolute atomic E-state index is 0.321. The van der Waals surface area contributed by atoms with Crippen LogP contribution in [0.2, 0.25) is 0 Å². The lowest BCUT2D eigenvalue weighted by atomic mass is 10.1. The highest BCUT2D eigenvalue weighted by atomic mass is 19.4. The molecule has 0 fully saturated rings. The summed E-state index contributed by atoms with van der Waals surface area (Å²) in [6, 6.07) is 0.321. The molecule has 16 heavy (non-hydrogen) atoms. The molecule has 0 saturated heterocycles. The zero-order chi connectivity index (χ0) is 12.5. The van der Waals surface area contributed by atoms with Gasteiger partial charge < -0.3 is 10.2 Å². The van der Waals surface area contributed by atoms with E-state index in [1.54, 1.807) is 0 Å². The van der Waals surface area contributed by atoms with Crippen LogP contribution < -0.4 is 0 Å². The smallest absolute Gasteiger partial charge is 0.420 e. The number of aliphatic hydroxyl groups excluding tert-OH is 1. The molecule has 0 bridgehead atoms. The van der Waals surface area contributed by atoms with Crippen LogP contribution in [-0.4, -0.2) is 15.2 Å². The summed E-state index contributed by atoms with van der Waals surface area (Å²) >= 11 is 0. The first kappa shape index (κ1) is 12.6. The van der Waals surface area contributed by atoms with Crippen molar-refractivity contribution in [2.75, 3.05) is 0 Å². The van der Waals surface area contributed by atoms with Crippen molar-refractivity contribution >= 4 is 0 Å². The lowest BCUT2D eigenvalue weighted by Crippen LogP contribution is -2.10. The number of hydrogen-bond donors (Lipinski definition) is 2. The van der Waals surface area contributed by atoms with Gasteiger partial charge in [-0.2, -0.15) is 13.2 Å². The largest absolute Gasteiger partial charge is 0.505 e. The first-order valence-corrected chi connectivity index (χ1v) is 3.96. The molecule has 90 valence electrons. The van der Waals surface area contributed by atoms with Crippen LogP contribution in [0.1, 0.15) is 23.4 Å². The Morgan fingerprint density at radius 3 is 2.25 bits per heavy atom. The second kappa shape index (κ2) is 4.20. The second-order valence-electron chi connectivity index (χ2n) is 2.85. The van der Waals surface area contributed by atoms with E-state index in [1.807, 2.05) is 0 Å². The number of halogens is 5. The van der Waals surface area contributed by atoms with Crippen LogP contribution >= 0.6 is 0 Å². The SMILES string of the molecule is OCc1cc(C(F)(F)F)c(O)c(C(F)F)n1. The Morgan fingerprint density at radius 1 is 1.31 bits per heavy atom. The lowest BCUT2D eigenvalue weighted by Gasteiger charge is -2.13. The van der Waals surface area contributed by atoms with Crippen LogP contribution in [0.4, 0.5) is 22.0 Å². The van der Waals surface area contributed by atoms with Crippen molar-refractivity contribution in [3.8, 4) is 5.75 Å². The van der Waals surface area contributed by atoms with Gasteiger partial charge in [0.05, 0.1) is 12.3 Å². The molecular formula is C8H6F5NO2. The van der Waals surface area contributed by atoms with Gasteiger partial charge in [0.1, 0.15) is 11.3 Å². The molecule has 1 aromatic heterocycles. The Kier molecular flexibility index (Phi) is 3.32. The second-order valence-corrected chi connectivity index (χ2v) is 2.85. The minimum atomic E-state index is -4.99. The summed E-state index contributed by atoms with van der Waals surface area (Å²) in [6.07, 6.45) is -8.34. The molecule has 1 rings (SSSR count). The van der Waals surface area contributed by atoms with Crippen molar-refractivity contribution in [1.82, 2.24) is 4.98 Å². The third-order valence-corrected chi connectivity index (χ3v) is 1.75. The molecule has 0 saturated carbocycles. The van der Waals surface area contributed by atoms with Gasteiger partial charge in [0.2, 0.25) is 0 Å². The molecule has 3 nitrogen and oxygen atoms in total. The maximum absolute atomic E-state index is 12.3. The molecule has 1 aromatic rings. The average molecular weight is 243 g/mol. The quantitative estimate of drug-likeness (QED) is 0.783. The summed E-state index contributed by atoms with van der Waals surface area (Å²) in [5.41, 5.74) is -3.61. The van der Waals surface area contributed by atoms with E-state index in [1.165, 1.54) is 0 Å². The van der Waals surface area contributed by atoms with Crippen LogP contribution in [0.3, 0.4) is 0 Å². The maximum atomic E-state index is 12.3. The summed E-state index contributed by atoms with van der Waals surface area (Å²) in [7, 11) is 0. The van der Waals surface area contributed by atoms with E-state index in [2.05, 4.69) is 4.98 Å². The maximum Gasteiger partial charge on any atom is 0.420 e. The van der Waals surface area contributed by atoms with E-state index in [9.17, 15) is 22.0 Å². The first-order valence-electron chi connectivity index (χ1n) is 3.96. The summed E-state index contributed by atoms with van der Waals surface area (Å²) in [6.45, 7) is -0.927. The van der Waals surface area contributed by atoms with Crippen LogP contribution in [0.15, 0.2) is 6.07 Å². The molecule has 0 aliphatic rings. The van der Waals surface area contributed by atoms with Crippen LogP contribution in [0.5, 0.6) is 5.75 Å². The summed E-state index contributed by atoms with van der Waals surface area (Å²) in [5, 5.41) is 17.5. The van der Waals surface area contributed by atoms with Crippen LogP contribution in [0.25, 0.3) is 0 Å². The van der Waals surface area contributed by atoms with Gasteiger partial charge in [-0.3, -0.25) is 0 Å². The number of aliphatic hydroxyl groups is 1. The van der Waals surface area contributed by atoms with Gasteiger partial charge in [0.15, 0.2) is 5.75 Å². The highest BCUT2D eigenvalue weighted by Crippen LogP contribution is 2.40. The number of pyridine rings is 1. The fourth-order valence-electron chi connectivity index (χ4n) is 1.06. The van der Waals surface area contributed by atoms with Gasteiger partial charge >= 0.3 is 6.18 Å². The Hall–Kier alpha value is -1.44. The molecular weight excluding hydrogens is 237 g/mol. The standard InChI is InChI=1S/C8H6F5NO2/c9-7(10)5-6(16)4(8(11,12)13)1-3(2-15)14-5/h1,7,15-16H,2H2. The molecule has 0 aromatic carbocycles. The monoisotopic (exact) mass is 243 g/mol. The summed E-state index contributed by atoms with van der Waals surface area (Å²) in [5.74, 6) is -1.61. The molecule has 1 heterocycles. The molecule has 0 atom stereocenters. The van der Waals surface area contributed by atoms with E-state index in [-0.39, 0.29) is 0 Å². The Labute approximate surface area is 86.2 Å². The highest BCUT2D eigenvalue weighted by molar-refractivity contribution is 5.40. The minimum Gasteiger partial charge on any atom is -0.505 e. The van der Waals surface area contributed by atoms with Gasteiger partial charge in [-0.25, -0.2) is 13.8 Å². The van der Waals surface area contributed by atoms with Gasteiger partial charge in [0.25, 0.3) is 6.43 Å². The van der Waals surface area contributed by atoms with E-state index in [4.69, 9.17) is 10.2 Å². The van der Waals surface area contributed by atoms with Crippen molar-refractivity contribution < 1.29 is 32.2 Å². The predicted molar refractivity (Wildman–Crippen MR) is 41.8 cm³/mol. The lowest BCUT2D eigenvalue weighted by molar-refractivity contribution is -0.139. The number of aromatic hydroxyl groups is 1. The molecule has 0 radical (unpaired) electrons. The Morgan fingerprint density at radius 2 is 1.88 bits per heavy atom. The molecule has 0 unspecified atom stereocenters. The van der Waals surface area contributed by atoms with Gasteiger partial charge in [-0.05, 0) is 6.07 Å². The number of aromatic nitrogens is 1. The number of hydrogen-bond acceptors (Lipinski definition) is 3. The zero-order valence-corrected chi connectivity index (χ0v) is 7.59. The fourth-order valence-corrected chi connectivity index (χ4v) is 1.06.